The number of likely N-dealkylation sites (tertiary alicyclic amines) is 2. The Labute approximate surface area is 274 Å². The second-order valence-corrected chi connectivity index (χ2v) is 16.9. The Hall–Kier alpha value is -3.18. The fourth-order valence-corrected chi connectivity index (χ4v) is 6.38. The van der Waals surface area contributed by atoms with Gasteiger partial charge in [-0.1, -0.05) is 75.2 Å². The number of piperidine rings is 1. The molecule has 1 unspecified atom stereocenters. The number of ketones is 1. The Morgan fingerprint density at radius 1 is 0.761 bits per heavy atom. The van der Waals surface area contributed by atoms with E-state index < -0.39 is 64.5 Å². The van der Waals surface area contributed by atoms with Crippen LogP contribution in [0.2, 0.25) is 0 Å². The number of primary amides is 1. The zero-order chi connectivity index (χ0) is 34.8. The van der Waals surface area contributed by atoms with Crippen LogP contribution in [0.15, 0.2) is 0 Å². The first-order valence-corrected chi connectivity index (χ1v) is 16.9. The van der Waals surface area contributed by atoms with Crippen LogP contribution in [0.3, 0.4) is 0 Å². The van der Waals surface area contributed by atoms with E-state index in [9.17, 15) is 28.8 Å². The summed E-state index contributed by atoms with van der Waals surface area (Å²) in [5, 5.41) is 8.47. The molecule has 2 saturated heterocycles. The van der Waals surface area contributed by atoms with Crippen molar-refractivity contribution in [2.75, 3.05) is 19.6 Å². The van der Waals surface area contributed by atoms with Gasteiger partial charge in [-0.05, 0) is 60.2 Å². The highest BCUT2D eigenvalue weighted by Crippen LogP contribution is 2.39. The van der Waals surface area contributed by atoms with Gasteiger partial charge in [0, 0.05) is 19.6 Å². The maximum atomic E-state index is 14.4. The molecule has 0 aromatic carbocycles. The standard InChI is InChI=1S/C34H58N6O6/c1-32(2,3)21-18-23(28(43)36-22(17-20-13-14-20)24(41)27(35)42)40(19-21)30(45)26(34(7,8)9)38-31(46)37-25(33(4,5)6)29(44)39-15-11-10-12-16-39/h20-23,25-26H,10-19H2,1-9H3,(H2,35,42)(H,36,43)(H2,37,38,46)/t21-,22?,23+,25-,26-/m1/s1. The first-order chi connectivity index (χ1) is 21.1. The van der Waals surface area contributed by atoms with E-state index in [4.69, 9.17) is 5.73 Å². The third kappa shape index (κ3) is 9.67. The zero-order valence-corrected chi connectivity index (χ0v) is 29.5. The maximum absolute atomic E-state index is 14.4. The molecule has 0 aromatic heterocycles. The lowest BCUT2D eigenvalue weighted by Crippen LogP contribution is -2.62. The number of rotatable bonds is 10. The summed E-state index contributed by atoms with van der Waals surface area (Å²) in [6.45, 7) is 18.9. The third-order valence-corrected chi connectivity index (χ3v) is 9.70. The molecule has 12 nitrogen and oxygen atoms in total. The molecule has 0 radical (unpaired) electrons. The van der Waals surface area contributed by atoms with Gasteiger partial charge in [0.05, 0.1) is 6.04 Å². The summed E-state index contributed by atoms with van der Waals surface area (Å²) < 4.78 is 0. The lowest BCUT2D eigenvalue weighted by Gasteiger charge is -2.38. The minimum atomic E-state index is -1.10. The largest absolute Gasteiger partial charge is 0.363 e. The smallest absolute Gasteiger partial charge is 0.316 e. The summed E-state index contributed by atoms with van der Waals surface area (Å²) in [5.74, 6) is -2.83. The first kappa shape index (κ1) is 37.3. The van der Waals surface area contributed by atoms with E-state index >= 15 is 0 Å². The van der Waals surface area contributed by atoms with E-state index in [2.05, 4.69) is 16.0 Å². The molecule has 2 heterocycles. The number of nitrogens with two attached hydrogens (primary N) is 1. The highest BCUT2D eigenvalue weighted by Gasteiger charge is 2.48. The van der Waals surface area contributed by atoms with Crippen molar-refractivity contribution >= 4 is 35.4 Å². The topological polar surface area (TPSA) is 171 Å². The van der Waals surface area contributed by atoms with E-state index in [-0.39, 0.29) is 29.7 Å². The van der Waals surface area contributed by atoms with Crippen LogP contribution in [0, 0.1) is 28.1 Å². The van der Waals surface area contributed by atoms with E-state index in [0.29, 0.717) is 25.9 Å². The predicted octanol–water partition coefficient (Wildman–Crippen LogP) is 2.73. The Morgan fingerprint density at radius 3 is 1.74 bits per heavy atom. The highest BCUT2D eigenvalue weighted by molar-refractivity contribution is 6.37. The van der Waals surface area contributed by atoms with E-state index in [1.807, 2.05) is 62.3 Å². The van der Waals surface area contributed by atoms with Gasteiger partial charge < -0.3 is 31.5 Å². The summed E-state index contributed by atoms with van der Waals surface area (Å²) in [7, 11) is 0. The molecule has 3 fully saturated rings. The summed E-state index contributed by atoms with van der Waals surface area (Å²) in [6.07, 6.45) is 5.44. The van der Waals surface area contributed by atoms with Crippen LogP contribution < -0.4 is 21.7 Å². The summed E-state index contributed by atoms with van der Waals surface area (Å²) >= 11 is 0. The maximum Gasteiger partial charge on any atom is 0.316 e. The molecule has 5 atom stereocenters. The van der Waals surface area contributed by atoms with Crippen LogP contribution in [-0.4, -0.2) is 89.0 Å². The van der Waals surface area contributed by atoms with Crippen LogP contribution in [-0.2, 0) is 24.0 Å². The van der Waals surface area contributed by atoms with Crippen molar-refractivity contribution in [3.8, 4) is 0 Å². The van der Waals surface area contributed by atoms with Crippen LogP contribution in [0.1, 0.15) is 107 Å². The molecular weight excluding hydrogens is 588 g/mol. The van der Waals surface area contributed by atoms with Gasteiger partial charge in [-0.15, -0.1) is 0 Å². The number of amides is 6. The number of nitrogens with one attached hydrogen (secondary N) is 3. The van der Waals surface area contributed by atoms with Crippen molar-refractivity contribution in [2.24, 2.45) is 33.8 Å². The number of hydrogen-bond acceptors (Lipinski definition) is 6. The van der Waals surface area contributed by atoms with Crippen molar-refractivity contribution in [1.82, 2.24) is 25.8 Å². The quantitative estimate of drug-likeness (QED) is 0.266. The Balaban J connectivity index is 1.84. The summed E-state index contributed by atoms with van der Waals surface area (Å²) in [5.41, 5.74) is 3.73. The van der Waals surface area contributed by atoms with Crippen LogP contribution in [0.4, 0.5) is 4.79 Å². The van der Waals surface area contributed by atoms with Gasteiger partial charge in [0.15, 0.2) is 0 Å². The molecule has 1 aliphatic carbocycles. The molecule has 5 N–H and O–H groups in total. The van der Waals surface area contributed by atoms with Gasteiger partial charge in [0.1, 0.15) is 18.1 Å². The van der Waals surface area contributed by atoms with Gasteiger partial charge in [-0.2, -0.15) is 0 Å². The molecule has 46 heavy (non-hydrogen) atoms. The molecule has 2 aliphatic heterocycles. The summed E-state index contributed by atoms with van der Waals surface area (Å²) in [6, 6.07) is -4.42. The number of carbonyl (C=O) groups is 6. The van der Waals surface area contributed by atoms with Gasteiger partial charge in [-0.3, -0.25) is 24.0 Å². The van der Waals surface area contributed by atoms with Gasteiger partial charge in [-0.25, -0.2) is 4.79 Å². The van der Waals surface area contributed by atoms with Crippen molar-refractivity contribution in [2.45, 2.75) is 131 Å². The van der Waals surface area contributed by atoms with Crippen LogP contribution in [0.5, 0.6) is 0 Å². The van der Waals surface area contributed by atoms with E-state index in [1.165, 1.54) is 4.90 Å². The normalized spacial score (nSPS) is 22.8. The fraction of sp³-hybridized carbons (Fsp3) is 0.824. The molecule has 1 saturated carbocycles. The third-order valence-electron chi connectivity index (χ3n) is 9.70. The molecule has 3 aliphatic rings. The minimum Gasteiger partial charge on any atom is -0.363 e. The minimum absolute atomic E-state index is 0.0391. The Bertz CT molecular complexity index is 1170. The number of nitrogens with zero attached hydrogens (tertiary/aromatic N) is 2. The van der Waals surface area contributed by atoms with Gasteiger partial charge >= 0.3 is 6.03 Å². The van der Waals surface area contributed by atoms with Crippen molar-refractivity contribution in [3.63, 3.8) is 0 Å². The van der Waals surface area contributed by atoms with E-state index in [1.54, 1.807) is 4.90 Å². The predicted molar refractivity (Wildman–Crippen MR) is 175 cm³/mol. The van der Waals surface area contributed by atoms with Gasteiger partial charge in [0.2, 0.25) is 23.5 Å². The average Bonchev–Trinajstić information content (AvgIpc) is 3.64. The fourth-order valence-electron chi connectivity index (χ4n) is 6.38. The lowest BCUT2D eigenvalue weighted by molar-refractivity contribution is -0.143. The number of urea groups is 1. The highest BCUT2D eigenvalue weighted by atomic mass is 16.2. The number of hydrogen-bond donors (Lipinski definition) is 4. The second kappa shape index (κ2) is 14.3. The summed E-state index contributed by atoms with van der Waals surface area (Å²) in [4.78, 5) is 82.9. The molecular formula is C34H58N6O6. The molecule has 3 rings (SSSR count). The number of Topliss-reactive ketones (excluding diaryl/α,β-unsaturated/α-hetero) is 1. The molecule has 12 heteroatoms. The number of carbonyl (C=O) groups excluding carboxylic acids is 6. The average molecular weight is 647 g/mol. The lowest BCUT2D eigenvalue weighted by atomic mass is 9.79. The Kier molecular flexibility index (Phi) is 11.6. The zero-order valence-electron chi connectivity index (χ0n) is 29.5. The van der Waals surface area contributed by atoms with Crippen molar-refractivity contribution in [3.05, 3.63) is 0 Å². The molecule has 0 aromatic rings. The molecule has 0 bridgehead atoms. The van der Waals surface area contributed by atoms with Crippen molar-refractivity contribution in [1.29, 1.82) is 0 Å². The van der Waals surface area contributed by atoms with E-state index in [0.717, 1.165) is 32.1 Å². The van der Waals surface area contributed by atoms with Crippen LogP contribution in [0.25, 0.3) is 0 Å². The second-order valence-electron chi connectivity index (χ2n) is 16.9. The molecule has 6 amide bonds. The Morgan fingerprint density at radius 2 is 1.28 bits per heavy atom. The SMILES string of the molecule is CC(C)(C)[C@@H]1C[C@@H](C(=O)NC(CC2CC2)C(=O)C(N)=O)N(C(=O)[C@@H](NC(=O)N[C@H](C(=O)N2CCCCC2)C(C)(C)C)C(C)(C)C)C1. The van der Waals surface area contributed by atoms with Crippen LogP contribution >= 0.6 is 0 Å². The van der Waals surface area contributed by atoms with Crippen molar-refractivity contribution < 1.29 is 28.8 Å². The monoisotopic (exact) mass is 646 g/mol. The van der Waals surface area contributed by atoms with Gasteiger partial charge in [0.25, 0.3) is 5.91 Å². The molecule has 0 spiro atoms. The molecule has 260 valence electrons. The first-order valence-electron chi connectivity index (χ1n) is 16.9.